The summed E-state index contributed by atoms with van der Waals surface area (Å²) in [6, 6.07) is 7.85. The number of nitrogens with one attached hydrogen (secondary N) is 2. The molecular formula is C15H23ClN2O3. The number of hydrogen-bond acceptors (Lipinski definition) is 4. The van der Waals surface area contributed by atoms with Gasteiger partial charge in [0.05, 0.1) is 20.1 Å². The van der Waals surface area contributed by atoms with Gasteiger partial charge in [-0.1, -0.05) is 12.1 Å². The Bertz CT molecular complexity index is 437. The van der Waals surface area contributed by atoms with Gasteiger partial charge >= 0.3 is 0 Å². The summed E-state index contributed by atoms with van der Waals surface area (Å²) < 4.78 is 10.8. The predicted molar refractivity (Wildman–Crippen MR) is 84.4 cm³/mol. The minimum Gasteiger partial charge on any atom is -0.493 e. The first-order valence-electron chi connectivity index (χ1n) is 7.05. The van der Waals surface area contributed by atoms with Crippen LogP contribution in [-0.4, -0.2) is 38.8 Å². The van der Waals surface area contributed by atoms with Gasteiger partial charge in [0, 0.05) is 12.6 Å². The number of amides is 1. The number of halogens is 1. The largest absolute Gasteiger partial charge is 0.493 e. The molecule has 1 heterocycles. The molecule has 1 fully saturated rings. The number of para-hydroxylation sites is 2. The zero-order chi connectivity index (χ0) is 14.2. The zero-order valence-electron chi connectivity index (χ0n) is 12.3. The highest BCUT2D eigenvalue weighted by Gasteiger charge is 2.14. The molecule has 2 N–H and O–H groups in total. The minimum atomic E-state index is 0. The molecule has 1 unspecified atom stereocenters. The lowest BCUT2D eigenvalue weighted by atomic mass is 10.2. The number of benzene rings is 1. The third-order valence-corrected chi connectivity index (χ3v) is 3.36. The molecule has 1 atom stereocenters. The van der Waals surface area contributed by atoms with E-state index in [-0.39, 0.29) is 18.3 Å². The SMILES string of the molecule is COc1ccccc1OCCC(=O)NCC1CCCN1.Cl. The quantitative estimate of drug-likeness (QED) is 0.805. The normalized spacial score (nSPS) is 16.9. The smallest absolute Gasteiger partial charge is 0.223 e. The van der Waals surface area contributed by atoms with Crippen LogP contribution in [0.2, 0.25) is 0 Å². The molecule has 21 heavy (non-hydrogen) atoms. The van der Waals surface area contributed by atoms with E-state index in [9.17, 15) is 4.79 Å². The monoisotopic (exact) mass is 314 g/mol. The second-order valence-corrected chi connectivity index (χ2v) is 4.85. The van der Waals surface area contributed by atoms with Gasteiger partial charge in [-0.25, -0.2) is 0 Å². The molecule has 2 rings (SSSR count). The van der Waals surface area contributed by atoms with E-state index >= 15 is 0 Å². The van der Waals surface area contributed by atoms with E-state index in [1.807, 2.05) is 24.3 Å². The van der Waals surface area contributed by atoms with Crippen LogP contribution in [-0.2, 0) is 4.79 Å². The van der Waals surface area contributed by atoms with Crippen molar-refractivity contribution in [3.05, 3.63) is 24.3 Å². The molecule has 1 aromatic carbocycles. The van der Waals surface area contributed by atoms with Crippen LogP contribution in [0.3, 0.4) is 0 Å². The number of methoxy groups -OCH3 is 1. The standard InChI is InChI=1S/C15H22N2O3.ClH/c1-19-13-6-2-3-7-14(13)20-10-8-15(18)17-11-12-5-4-9-16-12;/h2-3,6-7,12,16H,4-5,8-11H2,1H3,(H,17,18);1H. The van der Waals surface area contributed by atoms with Crippen molar-refractivity contribution >= 4 is 18.3 Å². The highest BCUT2D eigenvalue weighted by Crippen LogP contribution is 2.25. The lowest BCUT2D eigenvalue weighted by molar-refractivity contribution is -0.121. The maximum atomic E-state index is 11.7. The Balaban J connectivity index is 0.00000220. The van der Waals surface area contributed by atoms with Crippen LogP contribution in [0.1, 0.15) is 19.3 Å². The summed E-state index contributed by atoms with van der Waals surface area (Å²) in [7, 11) is 1.60. The van der Waals surface area contributed by atoms with Gasteiger partial charge in [-0.15, -0.1) is 12.4 Å². The number of ether oxygens (including phenoxy) is 2. The van der Waals surface area contributed by atoms with Crippen LogP contribution in [0.15, 0.2) is 24.3 Å². The van der Waals surface area contributed by atoms with Crippen LogP contribution < -0.4 is 20.1 Å². The van der Waals surface area contributed by atoms with Crippen LogP contribution in [0.25, 0.3) is 0 Å². The van der Waals surface area contributed by atoms with E-state index in [2.05, 4.69) is 10.6 Å². The van der Waals surface area contributed by atoms with Crippen molar-refractivity contribution in [1.82, 2.24) is 10.6 Å². The third kappa shape index (κ3) is 5.81. The van der Waals surface area contributed by atoms with E-state index in [4.69, 9.17) is 9.47 Å². The van der Waals surface area contributed by atoms with Crippen molar-refractivity contribution in [2.24, 2.45) is 0 Å². The summed E-state index contributed by atoms with van der Waals surface area (Å²) in [5.74, 6) is 1.37. The molecule has 0 bridgehead atoms. The van der Waals surface area contributed by atoms with Crippen molar-refractivity contribution in [2.75, 3.05) is 26.8 Å². The first kappa shape index (κ1) is 17.6. The van der Waals surface area contributed by atoms with Gasteiger partial charge in [0.15, 0.2) is 11.5 Å². The molecule has 5 nitrogen and oxygen atoms in total. The topological polar surface area (TPSA) is 59.6 Å². The van der Waals surface area contributed by atoms with Crippen LogP contribution in [0.5, 0.6) is 11.5 Å². The average molecular weight is 315 g/mol. The Hall–Kier alpha value is -1.46. The van der Waals surface area contributed by atoms with Gasteiger partial charge in [0.25, 0.3) is 0 Å². The second kappa shape index (κ2) is 9.47. The van der Waals surface area contributed by atoms with Crippen molar-refractivity contribution in [1.29, 1.82) is 0 Å². The summed E-state index contributed by atoms with van der Waals surface area (Å²) in [4.78, 5) is 11.7. The summed E-state index contributed by atoms with van der Waals surface area (Å²) in [6.45, 7) is 2.11. The van der Waals surface area contributed by atoms with Crippen LogP contribution in [0.4, 0.5) is 0 Å². The number of carbonyl (C=O) groups excluding carboxylic acids is 1. The molecule has 118 valence electrons. The molecule has 1 saturated heterocycles. The fraction of sp³-hybridized carbons (Fsp3) is 0.533. The van der Waals surface area contributed by atoms with E-state index in [0.717, 1.165) is 13.0 Å². The van der Waals surface area contributed by atoms with Gasteiger partial charge < -0.3 is 20.1 Å². The first-order valence-corrected chi connectivity index (χ1v) is 7.05. The van der Waals surface area contributed by atoms with Gasteiger partial charge in [0.2, 0.25) is 5.91 Å². The van der Waals surface area contributed by atoms with Crippen molar-refractivity contribution < 1.29 is 14.3 Å². The fourth-order valence-corrected chi connectivity index (χ4v) is 2.25. The second-order valence-electron chi connectivity index (χ2n) is 4.85. The molecule has 0 radical (unpaired) electrons. The molecule has 0 saturated carbocycles. The van der Waals surface area contributed by atoms with E-state index < -0.39 is 0 Å². The molecule has 6 heteroatoms. The van der Waals surface area contributed by atoms with E-state index in [1.165, 1.54) is 6.42 Å². The molecule has 0 aromatic heterocycles. The molecule has 0 aliphatic carbocycles. The maximum absolute atomic E-state index is 11.7. The van der Waals surface area contributed by atoms with Gasteiger partial charge in [-0.05, 0) is 31.5 Å². The Morgan fingerprint density at radius 1 is 1.38 bits per heavy atom. The van der Waals surface area contributed by atoms with E-state index in [0.29, 0.717) is 37.1 Å². The predicted octanol–water partition coefficient (Wildman–Crippen LogP) is 1.75. The van der Waals surface area contributed by atoms with Gasteiger partial charge in [0.1, 0.15) is 0 Å². The summed E-state index contributed by atoms with van der Waals surface area (Å²) in [6.07, 6.45) is 2.68. The first-order chi connectivity index (χ1) is 9.79. The summed E-state index contributed by atoms with van der Waals surface area (Å²) >= 11 is 0. The highest BCUT2D eigenvalue weighted by atomic mass is 35.5. The maximum Gasteiger partial charge on any atom is 0.223 e. The number of carbonyl (C=O) groups is 1. The van der Waals surface area contributed by atoms with Crippen LogP contribution >= 0.6 is 12.4 Å². The van der Waals surface area contributed by atoms with Gasteiger partial charge in [-0.2, -0.15) is 0 Å². The zero-order valence-corrected chi connectivity index (χ0v) is 13.1. The molecule has 1 aliphatic rings. The summed E-state index contributed by atoms with van der Waals surface area (Å²) in [5, 5.41) is 6.27. The lowest BCUT2D eigenvalue weighted by Gasteiger charge is -2.12. The number of hydrogen-bond donors (Lipinski definition) is 2. The average Bonchev–Trinajstić information content (AvgIpc) is 2.99. The minimum absolute atomic E-state index is 0. The Morgan fingerprint density at radius 3 is 2.81 bits per heavy atom. The van der Waals surface area contributed by atoms with Crippen molar-refractivity contribution in [2.45, 2.75) is 25.3 Å². The van der Waals surface area contributed by atoms with E-state index in [1.54, 1.807) is 7.11 Å². The molecule has 1 amide bonds. The molecule has 0 spiro atoms. The molecule has 1 aliphatic heterocycles. The van der Waals surface area contributed by atoms with Gasteiger partial charge in [-0.3, -0.25) is 4.79 Å². The van der Waals surface area contributed by atoms with Crippen molar-refractivity contribution in [3.8, 4) is 11.5 Å². The van der Waals surface area contributed by atoms with Crippen molar-refractivity contribution in [3.63, 3.8) is 0 Å². The number of rotatable bonds is 7. The van der Waals surface area contributed by atoms with Crippen LogP contribution in [0, 0.1) is 0 Å². The summed E-state index contributed by atoms with van der Waals surface area (Å²) in [5.41, 5.74) is 0. The molecule has 1 aromatic rings. The Labute approximate surface area is 131 Å². The third-order valence-electron chi connectivity index (χ3n) is 3.36. The Kier molecular flexibility index (Phi) is 7.93. The lowest BCUT2D eigenvalue weighted by Crippen LogP contribution is -2.37. The molecular weight excluding hydrogens is 292 g/mol. The highest BCUT2D eigenvalue weighted by molar-refractivity contribution is 5.85. The fourth-order valence-electron chi connectivity index (χ4n) is 2.25. The Morgan fingerprint density at radius 2 is 2.14 bits per heavy atom.